The van der Waals surface area contributed by atoms with Gasteiger partial charge in [-0.1, -0.05) is 60.7 Å². The molecule has 1 aromatic heterocycles. The van der Waals surface area contributed by atoms with Crippen LogP contribution in [0.2, 0.25) is 0 Å². The zero-order valence-electron chi connectivity index (χ0n) is 16.1. The van der Waals surface area contributed by atoms with Crippen LogP contribution in [0.3, 0.4) is 0 Å². The lowest BCUT2D eigenvalue weighted by Crippen LogP contribution is -2.32. The van der Waals surface area contributed by atoms with Crippen molar-refractivity contribution in [3.05, 3.63) is 121 Å². The van der Waals surface area contributed by atoms with Crippen LogP contribution in [0.25, 0.3) is 0 Å². The highest BCUT2D eigenvalue weighted by Gasteiger charge is 2.46. The maximum absolute atomic E-state index is 13.3. The topological polar surface area (TPSA) is 12.9 Å². The van der Waals surface area contributed by atoms with Gasteiger partial charge < -0.3 is 0 Å². The van der Waals surface area contributed by atoms with E-state index in [0.29, 0.717) is 11.9 Å². The molecule has 30 heavy (non-hydrogen) atoms. The second-order valence-electron chi connectivity index (χ2n) is 6.99. The maximum atomic E-state index is 13.3. The van der Waals surface area contributed by atoms with E-state index in [-0.39, 0.29) is 0 Å². The van der Waals surface area contributed by atoms with E-state index in [4.69, 9.17) is 0 Å². The van der Waals surface area contributed by atoms with Crippen molar-refractivity contribution >= 4 is 23.2 Å². The molecule has 1 nitrogen and oxygen atoms in total. The fourth-order valence-electron chi connectivity index (χ4n) is 3.74. The Morgan fingerprint density at radius 1 is 0.567 bits per heavy atom. The van der Waals surface area contributed by atoms with Gasteiger partial charge in [-0.25, -0.2) is 4.98 Å². The van der Waals surface area contributed by atoms with Gasteiger partial charge in [-0.2, -0.15) is 13.2 Å². The Hall–Kier alpha value is -2.97. The van der Waals surface area contributed by atoms with Crippen LogP contribution >= 0.6 is 7.26 Å². The molecule has 0 spiro atoms. The summed E-state index contributed by atoms with van der Waals surface area (Å²) in [6, 6.07) is 34.3. The highest BCUT2D eigenvalue weighted by Crippen LogP contribution is 2.57. The number of aromatic nitrogens is 1. The average molecular weight is 422 g/mol. The van der Waals surface area contributed by atoms with Crippen LogP contribution in [0.15, 0.2) is 109 Å². The molecule has 0 aliphatic carbocycles. The summed E-state index contributed by atoms with van der Waals surface area (Å²) in [7, 11) is -2.28. The van der Waals surface area contributed by atoms with Gasteiger partial charge in [0.25, 0.3) is 0 Å². The zero-order chi connectivity index (χ0) is 21.0. The van der Waals surface area contributed by atoms with Gasteiger partial charge in [-0.3, -0.25) is 0 Å². The molecule has 150 valence electrons. The summed E-state index contributed by atoms with van der Waals surface area (Å²) >= 11 is 0. The Bertz CT molecular complexity index is 1000. The molecule has 0 saturated carbocycles. The molecule has 0 bridgehead atoms. The minimum atomic E-state index is -4.47. The first-order chi connectivity index (χ1) is 14.5. The molecule has 0 N–H and O–H groups in total. The van der Waals surface area contributed by atoms with Crippen LogP contribution < -0.4 is 15.9 Å². The predicted octanol–water partition coefficient (Wildman–Crippen LogP) is 5.59. The summed E-state index contributed by atoms with van der Waals surface area (Å²) in [5, 5.41) is 3.34. The van der Waals surface area contributed by atoms with Crippen molar-refractivity contribution in [3.63, 3.8) is 0 Å². The molecule has 4 rings (SSSR count). The summed E-state index contributed by atoms with van der Waals surface area (Å²) in [6.45, 7) is 0. The lowest BCUT2D eigenvalue weighted by atomic mass is 10.3. The molecule has 0 aliphatic heterocycles. The lowest BCUT2D eigenvalue weighted by molar-refractivity contribution is -0.141. The van der Waals surface area contributed by atoms with Crippen LogP contribution in [-0.2, 0) is 12.3 Å². The highest BCUT2D eigenvalue weighted by molar-refractivity contribution is 7.95. The van der Waals surface area contributed by atoms with Crippen LogP contribution in [-0.4, -0.2) is 4.98 Å². The molecule has 0 saturated heterocycles. The molecular formula is C25H20F3NP+. The van der Waals surface area contributed by atoms with Gasteiger partial charge in [-0.15, -0.1) is 0 Å². The third-order valence-electron chi connectivity index (χ3n) is 5.09. The number of alkyl halides is 3. The maximum Gasteiger partial charge on any atom is 0.433 e. The van der Waals surface area contributed by atoms with E-state index in [0.717, 1.165) is 22.0 Å². The summed E-state index contributed by atoms with van der Waals surface area (Å²) < 4.78 is 39.9. The molecule has 0 radical (unpaired) electrons. The van der Waals surface area contributed by atoms with Gasteiger partial charge in [0.2, 0.25) is 0 Å². The lowest BCUT2D eigenvalue weighted by Gasteiger charge is -2.27. The number of halogens is 3. The van der Waals surface area contributed by atoms with E-state index in [1.165, 1.54) is 6.07 Å². The van der Waals surface area contributed by atoms with E-state index >= 15 is 0 Å². The first kappa shape index (κ1) is 20.3. The Morgan fingerprint density at radius 2 is 1.00 bits per heavy atom. The standard InChI is InChI=1S/C25H20F3NP/c26-25(27,28)24-18-10-11-20(29-24)19-30(21-12-4-1-5-13-21,22-14-6-2-7-15-22)23-16-8-3-9-17-23/h1-18H,19H2/q+1. The third kappa shape index (κ3) is 4.01. The van der Waals surface area contributed by atoms with Gasteiger partial charge in [-0.05, 0) is 48.5 Å². The normalized spacial score (nSPS) is 12.0. The molecular weight excluding hydrogens is 402 g/mol. The molecule has 0 amide bonds. The number of pyridine rings is 1. The molecule has 0 fully saturated rings. The second kappa shape index (κ2) is 8.41. The van der Waals surface area contributed by atoms with Crippen molar-refractivity contribution < 1.29 is 13.2 Å². The second-order valence-corrected chi connectivity index (χ2v) is 10.5. The summed E-state index contributed by atoms with van der Waals surface area (Å²) in [5.41, 5.74) is -0.415. The van der Waals surface area contributed by atoms with Crippen molar-refractivity contribution in [1.82, 2.24) is 4.98 Å². The van der Waals surface area contributed by atoms with Gasteiger partial charge in [0.15, 0.2) is 0 Å². The fraction of sp³-hybridized carbons (Fsp3) is 0.0800. The van der Waals surface area contributed by atoms with Crippen LogP contribution in [0, 0.1) is 0 Å². The smallest absolute Gasteiger partial charge is 0.244 e. The zero-order valence-corrected chi connectivity index (χ0v) is 17.0. The molecule has 0 aliphatic rings. The molecule has 4 aromatic rings. The SMILES string of the molecule is FC(F)(F)c1cccc(C[P+](c2ccccc2)(c2ccccc2)c2ccccc2)n1. The van der Waals surface area contributed by atoms with Gasteiger partial charge in [0, 0.05) is 0 Å². The van der Waals surface area contributed by atoms with Crippen molar-refractivity contribution in [2.75, 3.05) is 0 Å². The minimum Gasteiger partial charge on any atom is -0.244 e. The molecule has 1 heterocycles. The number of hydrogen-bond donors (Lipinski definition) is 0. The Morgan fingerprint density at radius 3 is 1.40 bits per heavy atom. The van der Waals surface area contributed by atoms with Gasteiger partial charge in [0.05, 0.1) is 5.69 Å². The molecule has 0 atom stereocenters. The quantitative estimate of drug-likeness (QED) is 0.382. The summed E-state index contributed by atoms with van der Waals surface area (Å²) in [6.07, 6.45) is -4.06. The summed E-state index contributed by atoms with van der Waals surface area (Å²) in [5.74, 6) is 0. The van der Waals surface area contributed by atoms with Crippen molar-refractivity contribution in [2.24, 2.45) is 0 Å². The van der Waals surface area contributed by atoms with Gasteiger partial charge in [0.1, 0.15) is 35.0 Å². The predicted molar refractivity (Wildman–Crippen MR) is 118 cm³/mol. The van der Waals surface area contributed by atoms with Gasteiger partial charge >= 0.3 is 6.18 Å². The van der Waals surface area contributed by atoms with E-state index in [1.54, 1.807) is 6.07 Å². The van der Waals surface area contributed by atoms with E-state index in [9.17, 15) is 13.2 Å². The van der Waals surface area contributed by atoms with Crippen molar-refractivity contribution in [2.45, 2.75) is 12.3 Å². The van der Waals surface area contributed by atoms with E-state index < -0.39 is 19.1 Å². The highest BCUT2D eigenvalue weighted by atomic mass is 31.2. The minimum absolute atomic E-state index is 0.412. The van der Waals surface area contributed by atoms with E-state index in [2.05, 4.69) is 41.4 Å². The Kier molecular flexibility index (Phi) is 5.69. The van der Waals surface area contributed by atoms with Crippen molar-refractivity contribution in [1.29, 1.82) is 0 Å². The number of hydrogen-bond acceptors (Lipinski definition) is 1. The van der Waals surface area contributed by atoms with Crippen LogP contribution in [0.5, 0.6) is 0 Å². The monoisotopic (exact) mass is 422 g/mol. The Labute approximate surface area is 174 Å². The average Bonchev–Trinajstić information content (AvgIpc) is 2.79. The number of benzene rings is 3. The number of nitrogens with zero attached hydrogens (tertiary/aromatic N) is 1. The molecule has 0 unspecified atom stereocenters. The molecule has 5 heteroatoms. The van der Waals surface area contributed by atoms with Crippen molar-refractivity contribution in [3.8, 4) is 0 Å². The van der Waals surface area contributed by atoms with Crippen LogP contribution in [0.1, 0.15) is 11.4 Å². The fourth-order valence-corrected chi connectivity index (χ4v) is 7.88. The number of rotatable bonds is 5. The van der Waals surface area contributed by atoms with Crippen LogP contribution in [0.4, 0.5) is 13.2 Å². The Balaban J connectivity index is 1.96. The largest absolute Gasteiger partial charge is 0.433 e. The first-order valence-corrected chi connectivity index (χ1v) is 11.6. The molecule has 3 aromatic carbocycles. The first-order valence-electron chi connectivity index (χ1n) is 9.58. The van der Waals surface area contributed by atoms with E-state index in [1.807, 2.05) is 54.6 Å². The summed E-state index contributed by atoms with van der Waals surface area (Å²) in [4.78, 5) is 4.01. The third-order valence-corrected chi connectivity index (χ3v) is 9.42.